The van der Waals surface area contributed by atoms with Gasteiger partial charge < -0.3 is 4.74 Å². The first-order valence-electron chi connectivity index (χ1n) is 5.00. The number of benzene rings is 1. The predicted molar refractivity (Wildman–Crippen MR) is 70.2 cm³/mol. The Morgan fingerprint density at radius 2 is 2.06 bits per heavy atom. The lowest BCUT2D eigenvalue weighted by Gasteiger charge is -2.16. The topological polar surface area (TPSA) is 26.3 Å². The van der Waals surface area contributed by atoms with Crippen molar-refractivity contribution in [1.82, 2.24) is 0 Å². The first-order chi connectivity index (χ1) is 7.95. The summed E-state index contributed by atoms with van der Waals surface area (Å²) in [6.07, 6.45) is 5.66. The Balaban J connectivity index is 3.62. The maximum Gasteiger partial charge on any atom is 0.339 e. The van der Waals surface area contributed by atoms with Crippen LogP contribution in [-0.2, 0) is 11.2 Å². The van der Waals surface area contributed by atoms with E-state index in [1.54, 1.807) is 0 Å². The number of hydrogen-bond acceptors (Lipinski definition) is 2. The molecule has 0 saturated heterocycles. The van der Waals surface area contributed by atoms with E-state index in [4.69, 9.17) is 22.8 Å². The molecule has 0 bridgehead atoms. The summed E-state index contributed by atoms with van der Waals surface area (Å²) < 4.78 is 4.74. The quantitative estimate of drug-likeness (QED) is 0.461. The first kappa shape index (κ1) is 13.8. The summed E-state index contributed by atoms with van der Waals surface area (Å²) in [5, 5.41) is 1.21. The number of methoxy groups -OCH3 is 1. The third-order valence-corrected chi connectivity index (χ3v) is 3.86. The summed E-state index contributed by atoms with van der Waals surface area (Å²) in [5.41, 5.74) is 2.87. The van der Waals surface area contributed by atoms with Gasteiger partial charge in [0.15, 0.2) is 0 Å². The highest BCUT2D eigenvalue weighted by Crippen LogP contribution is 2.26. The molecule has 0 heterocycles. The Bertz CT molecular complexity index is 515. The van der Waals surface area contributed by atoms with E-state index in [9.17, 15) is 4.79 Å². The van der Waals surface area contributed by atoms with Crippen LogP contribution in [0.15, 0.2) is 0 Å². The molecule has 87 valence electrons. The molecule has 17 heavy (non-hydrogen) atoms. The van der Waals surface area contributed by atoms with Crippen molar-refractivity contribution < 1.29 is 9.53 Å². The summed E-state index contributed by atoms with van der Waals surface area (Å²) in [7, 11) is 4.84. The molecule has 0 aliphatic heterocycles. The fourth-order valence-corrected chi connectivity index (χ4v) is 2.50. The van der Waals surface area contributed by atoms with Crippen LogP contribution in [0.4, 0.5) is 0 Å². The van der Waals surface area contributed by atoms with Crippen LogP contribution in [-0.4, -0.2) is 23.3 Å². The van der Waals surface area contributed by atoms with Crippen molar-refractivity contribution >= 4 is 33.0 Å². The molecule has 1 rings (SSSR count). The largest absolute Gasteiger partial charge is 0.465 e. The molecule has 2 nitrogen and oxygen atoms in total. The minimum Gasteiger partial charge on any atom is -0.465 e. The molecule has 0 aromatic heterocycles. The molecule has 0 aliphatic rings. The second kappa shape index (κ2) is 5.39. The van der Waals surface area contributed by atoms with E-state index >= 15 is 0 Å². The van der Waals surface area contributed by atoms with Gasteiger partial charge in [-0.1, -0.05) is 16.8 Å². The van der Waals surface area contributed by atoms with Crippen molar-refractivity contribution in [1.29, 1.82) is 0 Å². The minimum absolute atomic E-state index is 0.364. The van der Waals surface area contributed by atoms with Crippen LogP contribution >= 0.6 is 11.6 Å². The first-order valence-corrected chi connectivity index (χ1v) is 5.88. The second-order valence-corrected chi connectivity index (χ2v) is 4.54. The zero-order valence-electron chi connectivity index (χ0n) is 9.98. The highest BCUT2D eigenvalue weighted by atomic mass is 35.5. The van der Waals surface area contributed by atoms with Crippen LogP contribution in [0.2, 0.25) is 5.02 Å². The average molecular weight is 264 g/mol. The summed E-state index contributed by atoms with van der Waals surface area (Å²) in [4.78, 5) is 11.7. The average Bonchev–Trinajstić information content (AvgIpc) is 2.32. The van der Waals surface area contributed by atoms with Gasteiger partial charge in [-0.3, -0.25) is 0 Å². The minimum atomic E-state index is -0.444. The number of rotatable bonds is 2. The standard InChI is InChI=1S/C13H12ClO2Si/c1-5-6-9-11(14)10(13(15)16-4)7(2)8(3)12(9)17/h1H,6H2,2-4H3. The van der Waals surface area contributed by atoms with Crippen molar-refractivity contribution in [3.8, 4) is 12.3 Å². The Hall–Kier alpha value is -1.24. The van der Waals surface area contributed by atoms with Gasteiger partial charge in [0.25, 0.3) is 0 Å². The van der Waals surface area contributed by atoms with Crippen molar-refractivity contribution in [3.05, 3.63) is 27.3 Å². The predicted octanol–water partition coefficient (Wildman–Crippen LogP) is 1.71. The fourth-order valence-electron chi connectivity index (χ4n) is 1.64. The van der Waals surface area contributed by atoms with Crippen LogP contribution in [0.25, 0.3) is 0 Å². The van der Waals surface area contributed by atoms with Gasteiger partial charge in [0.1, 0.15) is 0 Å². The number of hydrogen-bond donors (Lipinski definition) is 0. The highest BCUT2D eigenvalue weighted by molar-refractivity contribution is 6.40. The van der Waals surface area contributed by atoms with Crippen LogP contribution < -0.4 is 5.19 Å². The normalized spacial score (nSPS) is 9.88. The van der Waals surface area contributed by atoms with Crippen LogP contribution in [0, 0.1) is 26.2 Å². The van der Waals surface area contributed by atoms with Gasteiger partial charge in [-0.25, -0.2) is 4.79 Å². The Labute approximate surface area is 110 Å². The molecule has 0 unspecified atom stereocenters. The van der Waals surface area contributed by atoms with Crippen LogP contribution in [0.5, 0.6) is 0 Å². The molecule has 0 atom stereocenters. The maximum absolute atomic E-state index is 11.7. The summed E-state index contributed by atoms with van der Waals surface area (Å²) in [6, 6.07) is 0. The molecule has 3 radical (unpaired) electrons. The number of terminal acetylenes is 1. The van der Waals surface area contributed by atoms with Gasteiger partial charge >= 0.3 is 5.97 Å². The van der Waals surface area contributed by atoms with E-state index in [2.05, 4.69) is 16.2 Å². The van der Waals surface area contributed by atoms with Crippen molar-refractivity contribution in [2.45, 2.75) is 20.3 Å². The van der Waals surface area contributed by atoms with Gasteiger partial charge in [-0.2, -0.15) is 0 Å². The smallest absolute Gasteiger partial charge is 0.339 e. The third kappa shape index (κ3) is 2.38. The highest BCUT2D eigenvalue weighted by Gasteiger charge is 2.21. The van der Waals surface area contributed by atoms with Crippen LogP contribution in [0.3, 0.4) is 0 Å². The van der Waals surface area contributed by atoms with Gasteiger partial charge in [0.05, 0.1) is 27.9 Å². The van der Waals surface area contributed by atoms with E-state index in [1.807, 2.05) is 13.8 Å². The van der Waals surface area contributed by atoms with E-state index in [1.165, 1.54) is 7.11 Å². The molecular weight excluding hydrogens is 252 g/mol. The molecule has 0 spiro atoms. The zero-order valence-corrected chi connectivity index (χ0v) is 11.7. The number of carbonyl (C=O) groups is 1. The Morgan fingerprint density at radius 1 is 1.47 bits per heavy atom. The van der Waals surface area contributed by atoms with Gasteiger partial charge in [-0.15, -0.1) is 12.3 Å². The molecule has 0 fully saturated rings. The summed E-state index contributed by atoms with van der Waals surface area (Å²) >= 11 is 6.22. The molecule has 0 saturated carbocycles. The molecule has 1 aromatic rings. The molecule has 1 aromatic carbocycles. The van der Waals surface area contributed by atoms with Crippen molar-refractivity contribution in [3.63, 3.8) is 0 Å². The van der Waals surface area contributed by atoms with Crippen molar-refractivity contribution in [2.75, 3.05) is 7.11 Å². The second-order valence-electron chi connectivity index (χ2n) is 3.67. The monoisotopic (exact) mass is 263 g/mol. The zero-order chi connectivity index (χ0) is 13.2. The lowest BCUT2D eigenvalue weighted by Crippen LogP contribution is -2.20. The van der Waals surface area contributed by atoms with Gasteiger partial charge in [0, 0.05) is 6.42 Å². The van der Waals surface area contributed by atoms with Gasteiger partial charge in [-0.05, 0) is 30.5 Å². The number of carbonyl (C=O) groups excluding carboxylic acids is 1. The maximum atomic E-state index is 11.7. The number of halogens is 1. The Morgan fingerprint density at radius 3 is 2.53 bits per heavy atom. The summed E-state index contributed by atoms with van der Waals surface area (Å²) in [5.74, 6) is 2.08. The molecule has 4 heteroatoms. The third-order valence-electron chi connectivity index (χ3n) is 2.77. The van der Waals surface area contributed by atoms with E-state index < -0.39 is 5.97 Å². The SMILES string of the molecule is C#CCc1c([Si])c(C)c(C)c(C(=O)OC)c1Cl. The lowest BCUT2D eigenvalue weighted by molar-refractivity contribution is 0.0600. The number of esters is 1. The molecule has 0 amide bonds. The molecule has 0 aliphatic carbocycles. The summed E-state index contributed by atoms with van der Waals surface area (Å²) in [6.45, 7) is 3.73. The van der Waals surface area contributed by atoms with Gasteiger partial charge in [0.2, 0.25) is 0 Å². The van der Waals surface area contributed by atoms with Crippen molar-refractivity contribution in [2.24, 2.45) is 0 Å². The van der Waals surface area contributed by atoms with E-state index in [0.29, 0.717) is 17.0 Å². The van der Waals surface area contributed by atoms with E-state index in [0.717, 1.165) is 21.9 Å². The molecular formula is C13H12ClO2Si. The lowest BCUT2D eigenvalue weighted by atomic mass is 9.97. The van der Waals surface area contributed by atoms with E-state index in [-0.39, 0.29) is 0 Å². The Kier molecular flexibility index (Phi) is 4.38. The molecule has 0 N–H and O–H groups in total. The van der Waals surface area contributed by atoms with Crippen LogP contribution in [0.1, 0.15) is 27.0 Å². The number of ether oxygens (including phenoxy) is 1. The fraction of sp³-hybridized carbons (Fsp3) is 0.308.